The average molecular weight is 258 g/mol. The Kier molecular flexibility index (Phi) is 4.10. The molecular formula is C15H22N4. The van der Waals surface area contributed by atoms with Crippen LogP contribution in [0.15, 0.2) is 36.5 Å². The van der Waals surface area contributed by atoms with Gasteiger partial charge in [0.2, 0.25) is 0 Å². The van der Waals surface area contributed by atoms with Crippen molar-refractivity contribution < 1.29 is 0 Å². The minimum Gasteiger partial charge on any atom is -0.378 e. The van der Waals surface area contributed by atoms with Gasteiger partial charge in [0.1, 0.15) is 5.82 Å². The molecule has 0 aliphatic rings. The summed E-state index contributed by atoms with van der Waals surface area (Å²) in [6, 6.07) is 11.0. The number of nitrogens with one attached hydrogen (secondary N) is 1. The van der Waals surface area contributed by atoms with E-state index in [0.717, 1.165) is 12.4 Å². The molecule has 0 radical (unpaired) electrons. The standard InChI is InChI=1S/C15H22N4/c1-12(2)19-15(9-10-17-19)16-11-13-5-7-14(8-6-13)18(3)4/h5-10,12,16H,11H2,1-4H3. The molecule has 1 aromatic heterocycles. The van der Waals surface area contributed by atoms with Crippen molar-refractivity contribution in [3.8, 4) is 0 Å². The monoisotopic (exact) mass is 258 g/mol. The number of benzene rings is 1. The Morgan fingerprint density at radius 2 is 1.84 bits per heavy atom. The van der Waals surface area contributed by atoms with Crippen molar-refractivity contribution in [1.82, 2.24) is 9.78 Å². The van der Waals surface area contributed by atoms with Crippen LogP contribution in [0.25, 0.3) is 0 Å². The molecule has 0 atom stereocenters. The van der Waals surface area contributed by atoms with Crippen LogP contribution in [0, 0.1) is 0 Å². The second-order valence-corrected chi connectivity index (χ2v) is 5.17. The zero-order chi connectivity index (χ0) is 13.8. The minimum atomic E-state index is 0.369. The van der Waals surface area contributed by atoms with Gasteiger partial charge in [0.15, 0.2) is 0 Å². The molecule has 0 aliphatic heterocycles. The van der Waals surface area contributed by atoms with Crippen molar-refractivity contribution in [2.75, 3.05) is 24.3 Å². The van der Waals surface area contributed by atoms with E-state index in [-0.39, 0.29) is 0 Å². The summed E-state index contributed by atoms with van der Waals surface area (Å²) in [6.45, 7) is 5.07. The van der Waals surface area contributed by atoms with Crippen LogP contribution in [0.5, 0.6) is 0 Å². The summed E-state index contributed by atoms with van der Waals surface area (Å²) in [5.41, 5.74) is 2.48. The third-order valence-electron chi connectivity index (χ3n) is 3.09. The van der Waals surface area contributed by atoms with Gasteiger partial charge in [0.05, 0.1) is 6.20 Å². The molecule has 2 aromatic rings. The Morgan fingerprint density at radius 1 is 1.16 bits per heavy atom. The quantitative estimate of drug-likeness (QED) is 0.894. The molecule has 1 aromatic carbocycles. The number of anilines is 2. The Labute approximate surface area is 115 Å². The Balaban J connectivity index is 2.00. The lowest BCUT2D eigenvalue weighted by Crippen LogP contribution is -2.10. The van der Waals surface area contributed by atoms with E-state index in [4.69, 9.17) is 0 Å². The lowest BCUT2D eigenvalue weighted by molar-refractivity contribution is 0.537. The molecule has 102 valence electrons. The number of hydrogen-bond donors (Lipinski definition) is 1. The van der Waals surface area contributed by atoms with E-state index >= 15 is 0 Å². The summed E-state index contributed by atoms with van der Waals surface area (Å²) in [5.74, 6) is 1.06. The molecule has 2 rings (SSSR count). The first-order valence-electron chi connectivity index (χ1n) is 6.61. The molecule has 19 heavy (non-hydrogen) atoms. The normalized spacial score (nSPS) is 10.8. The van der Waals surface area contributed by atoms with Gasteiger partial charge in [0.25, 0.3) is 0 Å². The summed E-state index contributed by atoms with van der Waals surface area (Å²) >= 11 is 0. The molecule has 0 bridgehead atoms. The predicted octanol–water partition coefficient (Wildman–Crippen LogP) is 3.14. The van der Waals surface area contributed by atoms with E-state index < -0.39 is 0 Å². The van der Waals surface area contributed by atoms with Crippen LogP contribution >= 0.6 is 0 Å². The zero-order valence-corrected chi connectivity index (χ0v) is 12.1. The topological polar surface area (TPSA) is 33.1 Å². The van der Waals surface area contributed by atoms with Crippen molar-refractivity contribution in [2.45, 2.75) is 26.4 Å². The maximum Gasteiger partial charge on any atom is 0.124 e. The van der Waals surface area contributed by atoms with E-state index in [1.54, 1.807) is 0 Å². The van der Waals surface area contributed by atoms with Gasteiger partial charge in [-0.1, -0.05) is 12.1 Å². The Bertz CT molecular complexity index is 511. The van der Waals surface area contributed by atoms with Crippen molar-refractivity contribution >= 4 is 11.5 Å². The molecule has 0 saturated carbocycles. The molecule has 0 amide bonds. The van der Waals surface area contributed by atoms with E-state index in [2.05, 4.69) is 67.5 Å². The van der Waals surface area contributed by atoms with Crippen LogP contribution in [0.1, 0.15) is 25.5 Å². The molecule has 4 heteroatoms. The average Bonchev–Trinajstić information content (AvgIpc) is 2.85. The van der Waals surface area contributed by atoms with Crippen LogP contribution in [-0.2, 0) is 6.54 Å². The fourth-order valence-corrected chi connectivity index (χ4v) is 1.97. The maximum atomic E-state index is 4.31. The van der Waals surface area contributed by atoms with Gasteiger partial charge in [0, 0.05) is 38.4 Å². The van der Waals surface area contributed by atoms with Crippen LogP contribution in [-0.4, -0.2) is 23.9 Å². The smallest absolute Gasteiger partial charge is 0.124 e. The van der Waals surface area contributed by atoms with Gasteiger partial charge >= 0.3 is 0 Å². The third-order valence-corrected chi connectivity index (χ3v) is 3.09. The number of nitrogens with zero attached hydrogens (tertiary/aromatic N) is 3. The summed E-state index contributed by atoms with van der Waals surface area (Å²) < 4.78 is 1.99. The largest absolute Gasteiger partial charge is 0.378 e. The number of rotatable bonds is 5. The van der Waals surface area contributed by atoms with E-state index in [1.165, 1.54) is 11.3 Å². The lowest BCUT2D eigenvalue weighted by atomic mass is 10.2. The first-order valence-corrected chi connectivity index (χ1v) is 6.61. The van der Waals surface area contributed by atoms with E-state index in [1.807, 2.05) is 16.9 Å². The molecule has 0 spiro atoms. The first kappa shape index (κ1) is 13.5. The molecule has 4 nitrogen and oxygen atoms in total. The van der Waals surface area contributed by atoms with Gasteiger partial charge in [-0.05, 0) is 31.5 Å². The van der Waals surface area contributed by atoms with Crippen molar-refractivity contribution in [3.05, 3.63) is 42.1 Å². The highest BCUT2D eigenvalue weighted by Crippen LogP contribution is 2.16. The minimum absolute atomic E-state index is 0.369. The lowest BCUT2D eigenvalue weighted by Gasteiger charge is -2.14. The second-order valence-electron chi connectivity index (χ2n) is 5.17. The van der Waals surface area contributed by atoms with Crippen LogP contribution in [0.2, 0.25) is 0 Å². The molecule has 0 saturated heterocycles. The van der Waals surface area contributed by atoms with Crippen molar-refractivity contribution in [3.63, 3.8) is 0 Å². The van der Waals surface area contributed by atoms with Gasteiger partial charge in [-0.2, -0.15) is 5.10 Å². The Morgan fingerprint density at radius 3 is 2.42 bits per heavy atom. The highest BCUT2D eigenvalue weighted by molar-refractivity contribution is 5.46. The van der Waals surface area contributed by atoms with Crippen LogP contribution in [0.3, 0.4) is 0 Å². The summed E-state index contributed by atoms with van der Waals surface area (Å²) in [6.07, 6.45) is 1.83. The van der Waals surface area contributed by atoms with Gasteiger partial charge < -0.3 is 10.2 Å². The molecule has 0 aliphatic carbocycles. The fourth-order valence-electron chi connectivity index (χ4n) is 1.97. The third kappa shape index (κ3) is 3.28. The summed E-state index contributed by atoms with van der Waals surface area (Å²) in [4.78, 5) is 2.10. The summed E-state index contributed by atoms with van der Waals surface area (Å²) in [7, 11) is 4.10. The van der Waals surface area contributed by atoms with Crippen LogP contribution in [0.4, 0.5) is 11.5 Å². The Hall–Kier alpha value is -1.97. The number of hydrogen-bond acceptors (Lipinski definition) is 3. The molecule has 0 fully saturated rings. The van der Waals surface area contributed by atoms with Gasteiger partial charge in [-0.15, -0.1) is 0 Å². The van der Waals surface area contributed by atoms with Crippen molar-refractivity contribution in [1.29, 1.82) is 0 Å². The first-order chi connectivity index (χ1) is 9.08. The van der Waals surface area contributed by atoms with E-state index in [9.17, 15) is 0 Å². The maximum absolute atomic E-state index is 4.31. The molecule has 1 heterocycles. The summed E-state index contributed by atoms with van der Waals surface area (Å²) in [5, 5.41) is 7.74. The van der Waals surface area contributed by atoms with Gasteiger partial charge in [-0.3, -0.25) is 0 Å². The highest BCUT2D eigenvalue weighted by atomic mass is 15.3. The highest BCUT2D eigenvalue weighted by Gasteiger charge is 2.05. The second kappa shape index (κ2) is 5.78. The molecular weight excluding hydrogens is 236 g/mol. The predicted molar refractivity (Wildman–Crippen MR) is 80.7 cm³/mol. The number of aromatic nitrogens is 2. The molecule has 1 N–H and O–H groups in total. The zero-order valence-electron chi connectivity index (χ0n) is 12.1. The fraction of sp³-hybridized carbons (Fsp3) is 0.400. The van der Waals surface area contributed by atoms with E-state index in [0.29, 0.717) is 6.04 Å². The van der Waals surface area contributed by atoms with Crippen LogP contribution < -0.4 is 10.2 Å². The molecule has 0 unspecified atom stereocenters. The SMILES string of the molecule is CC(C)n1nccc1NCc1ccc(N(C)C)cc1. The van der Waals surface area contributed by atoms with Gasteiger partial charge in [-0.25, -0.2) is 4.68 Å². The van der Waals surface area contributed by atoms with Crippen molar-refractivity contribution in [2.24, 2.45) is 0 Å².